The molecule has 2 aromatic carbocycles. The topological polar surface area (TPSA) is 124 Å². The van der Waals surface area contributed by atoms with Gasteiger partial charge in [-0.3, -0.25) is 20.2 Å². The number of aliphatic carboxylic acids is 1. The van der Waals surface area contributed by atoms with Crippen LogP contribution in [0.3, 0.4) is 0 Å². The van der Waals surface area contributed by atoms with Crippen LogP contribution in [0.1, 0.15) is 11.1 Å². The molecule has 0 aliphatic rings. The van der Waals surface area contributed by atoms with Gasteiger partial charge in [-0.05, 0) is 41.5 Å². The first-order valence-corrected chi connectivity index (χ1v) is 6.33. The Kier molecular flexibility index (Phi) is 4.46. The van der Waals surface area contributed by atoms with E-state index in [1.54, 1.807) is 0 Å². The van der Waals surface area contributed by atoms with Gasteiger partial charge in [0.2, 0.25) is 0 Å². The van der Waals surface area contributed by atoms with Gasteiger partial charge in [-0.2, -0.15) is 0 Å². The molecule has 0 fully saturated rings. The van der Waals surface area contributed by atoms with Crippen molar-refractivity contribution in [2.75, 3.05) is 0 Å². The van der Waals surface area contributed by atoms with Crippen LogP contribution < -0.4 is 0 Å². The van der Waals surface area contributed by atoms with Crippen LogP contribution in [0.4, 0.5) is 11.4 Å². The number of benzene rings is 2. The summed E-state index contributed by atoms with van der Waals surface area (Å²) < 4.78 is 0. The van der Waals surface area contributed by atoms with Crippen molar-refractivity contribution in [1.29, 1.82) is 0 Å². The number of rotatable bonds is 5. The van der Waals surface area contributed by atoms with Crippen LogP contribution in [-0.2, 0) is 4.79 Å². The van der Waals surface area contributed by atoms with Crippen LogP contribution in [-0.4, -0.2) is 20.9 Å². The zero-order valence-corrected chi connectivity index (χ0v) is 11.6. The minimum Gasteiger partial charge on any atom is -0.478 e. The van der Waals surface area contributed by atoms with E-state index in [4.69, 9.17) is 0 Å². The zero-order valence-electron chi connectivity index (χ0n) is 11.6. The molecule has 1 N–H and O–H groups in total. The summed E-state index contributed by atoms with van der Waals surface area (Å²) in [5, 5.41) is 30.5. The molecule has 0 bridgehead atoms. The quantitative estimate of drug-likeness (QED) is 0.391. The third-order valence-electron chi connectivity index (χ3n) is 3.03. The van der Waals surface area contributed by atoms with E-state index in [2.05, 4.69) is 0 Å². The number of carbonyl (C=O) groups is 1. The number of nitro groups is 2. The Hall–Kier alpha value is -3.55. The van der Waals surface area contributed by atoms with Gasteiger partial charge in [0, 0.05) is 24.3 Å². The van der Waals surface area contributed by atoms with Crippen molar-refractivity contribution in [3.05, 3.63) is 79.9 Å². The highest BCUT2D eigenvalue weighted by atomic mass is 16.6. The fraction of sp³-hybridized carbons (Fsp3) is 0. The Labute approximate surface area is 129 Å². The maximum Gasteiger partial charge on any atom is 0.336 e. The molecule has 0 atom stereocenters. The number of hydrogen-bond acceptors (Lipinski definition) is 5. The highest BCUT2D eigenvalue weighted by Crippen LogP contribution is 2.22. The largest absolute Gasteiger partial charge is 0.478 e. The summed E-state index contributed by atoms with van der Waals surface area (Å²) in [5.74, 6) is -1.21. The molecule has 0 aromatic heterocycles. The Morgan fingerprint density at radius 1 is 0.870 bits per heavy atom. The summed E-state index contributed by atoms with van der Waals surface area (Å²) in [6, 6.07) is 10.5. The van der Waals surface area contributed by atoms with Gasteiger partial charge in [0.05, 0.1) is 15.4 Å². The Balaban J connectivity index is 2.39. The smallest absolute Gasteiger partial charge is 0.336 e. The number of nitrogens with zero attached hydrogens (tertiary/aromatic N) is 2. The lowest BCUT2D eigenvalue weighted by Gasteiger charge is -2.03. The number of non-ortho nitro benzene ring substituents is 2. The molecule has 0 spiro atoms. The highest BCUT2D eigenvalue weighted by Gasteiger charge is 2.13. The van der Waals surface area contributed by atoms with Gasteiger partial charge in [-0.1, -0.05) is 0 Å². The van der Waals surface area contributed by atoms with Crippen LogP contribution in [0.25, 0.3) is 11.6 Å². The lowest BCUT2D eigenvalue weighted by Crippen LogP contribution is -2.00. The van der Waals surface area contributed by atoms with Crippen molar-refractivity contribution in [1.82, 2.24) is 0 Å². The van der Waals surface area contributed by atoms with Crippen LogP contribution in [0.2, 0.25) is 0 Å². The van der Waals surface area contributed by atoms with E-state index in [1.165, 1.54) is 54.6 Å². The molecule has 0 saturated carbocycles. The van der Waals surface area contributed by atoms with Gasteiger partial charge in [0.25, 0.3) is 11.4 Å². The number of carboxylic acids is 1. The maximum atomic E-state index is 11.4. The molecule has 2 aromatic rings. The zero-order chi connectivity index (χ0) is 17.0. The van der Waals surface area contributed by atoms with Crippen LogP contribution >= 0.6 is 0 Å². The molecule has 8 nitrogen and oxygen atoms in total. The van der Waals surface area contributed by atoms with E-state index in [1.807, 2.05) is 0 Å². The minimum atomic E-state index is -1.21. The van der Waals surface area contributed by atoms with E-state index in [0.717, 1.165) is 0 Å². The second-order valence-corrected chi connectivity index (χ2v) is 4.52. The summed E-state index contributed by atoms with van der Waals surface area (Å²) in [7, 11) is 0. The molecule has 0 aliphatic heterocycles. The molecule has 0 heterocycles. The van der Waals surface area contributed by atoms with Gasteiger partial charge in [-0.15, -0.1) is 0 Å². The molecule has 0 radical (unpaired) electrons. The van der Waals surface area contributed by atoms with Gasteiger partial charge >= 0.3 is 5.97 Å². The SMILES string of the molecule is O=C(O)/C(=C/c1ccc([N+](=O)[O-])cc1)c1ccc([N+](=O)[O-])cc1. The van der Waals surface area contributed by atoms with Gasteiger partial charge in [0.1, 0.15) is 0 Å². The molecule has 8 heteroatoms. The van der Waals surface area contributed by atoms with E-state index in [0.29, 0.717) is 11.1 Å². The maximum absolute atomic E-state index is 11.4. The average Bonchev–Trinajstić information content (AvgIpc) is 2.53. The van der Waals surface area contributed by atoms with Crippen molar-refractivity contribution in [2.24, 2.45) is 0 Å². The first kappa shape index (κ1) is 15.8. The predicted octanol–water partition coefficient (Wildman–Crippen LogP) is 3.13. The number of hydrogen-bond donors (Lipinski definition) is 1. The molecular weight excluding hydrogens is 304 g/mol. The van der Waals surface area contributed by atoms with Crippen LogP contribution in [0, 0.1) is 20.2 Å². The normalized spacial score (nSPS) is 11.0. The molecule has 0 amide bonds. The summed E-state index contributed by atoms with van der Waals surface area (Å²) >= 11 is 0. The summed E-state index contributed by atoms with van der Waals surface area (Å²) in [6.45, 7) is 0. The third-order valence-corrected chi connectivity index (χ3v) is 3.03. The van der Waals surface area contributed by atoms with E-state index >= 15 is 0 Å². The summed E-state index contributed by atoms with van der Waals surface area (Å²) in [6.07, 6.45) is 1.34. The Morgan fingerprint density at radius 2 is 1.30 bits per heavy atom. The first-order chi connectivity index (χ1) is 10.9. The molecular formula is C15H10N2O6. The van der Waals surface area contributed by atoms with Gasteiger partial charge in [-0.25, -0.2) is 4.79 Å². The summed E-state index contributed by atoms with van der Waals surface area (Å²) in [5.41, 5.74) is 0.435. The third kappa shape index (κ3) is 3.76. The molecule has 0 saturated heterocycles. The standard InChI is InChI=1S/C15H10N2O6/c18-15(19)14(11-3-7-13(8-4-11)17(22)23)9-10-1-5-12(6-2-10)16(20)21/h1-9H,(H,18,19)/b14-9+. The van der Waals surface area contributed by atoms with Crippen molar-refractivity contribution in [2.45, 2.75) is 0 Å². The number of carboxylic acid groups (broad SMARTS) is 1. The monoisotopic (exact) mass is 314 g/mol. The van der Waals surface area contributed by atoms with Crippen molar-refractivity contribution in [3.63, 3.8) is 0 Å². The van der Waals surface area contributed by atoms with Crippen molar-refractivity contribution in [3.8, 4) is 0 Å². The fourth-order valence-corrected chi connectivity index (χ4v) is 1.89. The van der Waals surface area contributed by atoms with Gasteiger partial charge < -0.3 is 5.11 Å². The molecule has 0 aliphatic carbocycles. The Morgan fingerprint density at radius 3 is 1.70 bits per heavy atom. The van der Waals surface area contributed by atoms with Crippen LogP contribution in [0.5, 0.6) is 0 Å². The van der Waals surface area contributed by atoms with Gasteiger partial charge in [0.15, 0.2) is 0 Å². The lowest BCUT2D eigenvalue weighted by atomic mass is 10.0. The second-order valence-electron chi connectivity index (χ2n) is 4.52. The highest BCUT2D eigenvalue weighted by molar-refractivity contribution is 6.20. The first-order valence-electron chi connectivity index (χ1n) is 6.33. The Bertz CT molecular complexity index is 794. The molecule has 23 heavy (non-hydrogen) atoms. The van der Waals surface area contributed by atoms with Crippen LogP contribution in [0.15, 0.2) is 48.5 Å². The fourth-order valence-electron chi connectivity index (χ4n) is 1.89. The lowest BCUT2D eigenvalue weighted by molar-refractivity contribution is -0.385. The van der Waals surface area contributed by atoms with Crippen molar-refractivity contribution < 1.29 is 19.7 Å². The molecule has 0 unspecified atom stereocenters. The minimum absolute atomic E-state index is 0.0752. The van der Waals surface area contributed by atoms with E-state index < -0.39 is 15.8 Å². The number of nitro benzene ring substituents is 2. The summed E-state index contributed by atoms with van der Waals surface area (Å²) in [4.78, 5) is 31.5. The van der Waals surface area contributed by atoms with E-state index in [9.17, 15) is 30.1 Å². The second kappa shape index (κ2) is 6.48. The van der Waals surface area contributed by atoms with Crippen molar-refractivity contribution >= 4 is 29.0 Å². The molecule has 116 valence electrons. The average molecular weight is 314 g/mol. The van der Waals surface area contributed by atoms with E-state index in [-0.39, 0.29) is 16.9 Å². The predicted molar refractivity (Wildman–Crippen MR) is 81.7 cm³/mol. The molecule has 2 rings (SSSR count).